The Bertz CT molecular complexity index is 1510. The molecule has 19 heteroatoms. The summed E-state index contributed by atoms with van der Waals surface area (Å²) in [7, 11) is 0. The predicted octanol–water partition coefficient (Wildman–Crippen LogP) is 4.33. The molecule has 0 bridgehead atoms. The van der Waals surface area contributed by atoms with Crippen molar-refractivity contribution in [3.8, 4) is 10.7 Å². The van der Waals surface area contributed by atoms with Crippen molar-refractivity contribution in [2.45, 2.75) is 13.1 Å². The van der Waals surface area contributed by atoms with Crippen LogP contribution in [0.25, 0.3) is 10.7 Å². The van der Waals surface area contributed by atoms with E-state index < -0.39 is 23.9 Å². The van der Waals surface area contributed by atoms with Crippen LogP contribution in [0.4, 0.5) is 29.1 Å². The molecule has 0 atom stereocenters. The Morgan fingerprint density at radius 3 is 2.49 bits per heavy atom. The monoisotopic (exact) mass is 632 g/mol. The number of amides is 1. The topological polar surface area (TPSA) is 189 Å². The van der Waals surface area contributed by atoms with E-state index in [2.05, 4.69) is 57.0 Å². The number of aromatic nitrogens is 5. The largest absolute Gasteiger partial charge is 0.490 e. The molecule has 0 unspecified atom stereocenters. The van der Waals surface area contributed by atoms with Crippen molar-refractivity contribution in [2.75, 3.05) is 10.6 Å². The minimum Gasteiger partial charge on any atom is -0.475 e. The number of anilines is 2. The molecule has 1 aromatic carbocycles. The number of nitrogens with one attached hydrogen (secondary N) is 2. The summed E-state index contributed by atoms with van der Waals surface area (Å²) < 4.78 is 50.1. The highest BCUT2D eigenvalue weighted by molar-refractivity contribution is 9.10. The molecule has 0 saturated carbocycles. The molecule has 0 aliphatic heterocycles. The SMILES string of the molecule is Cc1nc(-c2cnccn2)sc1C(=O)Nc1nonc1/C(=N\O)Nc1ccc(F)c(Br)c1.O=C(O)C(F)(F)F. The van der Waals surface area contributed by atoms with Gasteiger partial charge in [0.25, 0.3) is 5.91 Å². The predicted molar refractivity (Wildman–Crippen MR) is 130 cm³/mol. The summed E-state index contributed by atoms with van der Waals surface area (Å²) in [6.07, 6.45) is -0.472. The number of carbonyl (C=O) groups excluding carboxylic acids is 1. The Balaban J connectivity index is 0.000000532. The van der Waals surface area contributed by atoms with Crippen LogP contribution in [0.15, 0.2) is 51.0 Å². The minimum absolute atomic E-state index is 0.0717. The van der Waals surface area contributed by atoms with Crippen molar-refractivity contribution >= 4 is 56.5 Å². The van der Waals surface area contributed by atoms with Crippen LogP contribution in [0.5, 0.6) is 0 Å². The highest BCUT2D eigenvalue weighted by Crippen LogP contribution is 2.27. The van der Waals surface area contributed by atoms with Gasteiger partial charge in [-0.15, -0.1) is 11.3 Å². The van der Waals surface area contributed by atoms with Crippen molar-refractivity contribution in [3.05, 3.63) is 63.3 Å². The molecule has 0 saturated heterocycles. The van der Waals surface area contributed by atoms with Gasteiger partial charge in [0, 0.05) is 18.1 Å². The van der Waals surface area contributed by atoms with Crippen molar-refractivity contribution < 1.29 is 42.1 Å². The van der Waals surface area contributed by atoms with Gasteiger partial charge in [-0.1, -0.05) is 5.16 Å². The number of aliphatic carboxylic acids is 1. The first kappa shape index (κ1) is 29.0. The van der Waals surface area contributed by atoms with E-state index in [9.17, 15) is 27.6 Å². The van der Waals surface area contributed by atoms with E-state index in [1.165, 1.54) is 30.6 Å². The van der Waals surface area contributed by atoms with Crippen LogP contribution in [0, 0.1) is 12.7 Å². The Morgan fingerprint density at radius 2 is 1.90 bits per heavy atom. The fraction of sp³-hybridized carbons (Fsp3) is 0.100. The number of carbonyl (C=O) groups is 2. The molecule has 0 aliphatic rings. The molecule has 4 rings (SSSR count). The number of nitrogens with zero attached hydrogens (tertiary/aromatic N) is 6. The first-order chi connectivity index (χ1) is 18.4. The van der Waals surface area contributed by atoms with Crippen LogP contribution in [0.1, 0.15) is 21.1 Å². The molecular formula is C20H13BrF4N8O5S. The lowest BCUT2D eigenvalue weighted by atomic mass is 10.3. The number of aryl methyl sites for hydroxylation is 1. The Morgan fingerprint density at radius 1 is 1.18 bits per heavy atom. The van der Waals surface area contributed by atoms with Crippen molar-refractivity contribution in [3.63, 3.8) is 0 Å². The Labute approximate surface area is 226 Å². The molecule has 13 nitrogen and oxygen atoms in total. The van der Waals surface area contributed by atoms with Crippen molar-refractivity contribution in [1.29, 1.82) is 0 Å². The zero-order chi connectivity index (χ0) is 28.7. The average Bonchev–Trinajstić information content (AvgIpc) is 3.51. The summed E-state index contributed by atoms with van der Waals surface area (Å²) in [5.74, 6) is -4.01. The van der Waals surface area contributed by atoms with E-state index in [1.54, 1.807) is 13.1 Å². The summed E-state index contributed by atoms with van der Waals surface area (Å²) in [5.41, 5.74) is 1.33. The normalized spacial score (nSPS) is 11.4. The Hall–Kier alpha value is -4.52. The van der Waals surface area contributed by atoms with Gasteiger partial charge in [-0.25, -0.2) is 18.8 Å². The number of oxime groups is 1. The molecule has 3 aromatic heterocycles. The number of carboxylic acids is 1. The summed E-state index contributed by atoms with van der Waals surface area (Å²) in [6.45, 7) is 1.68. The number of carboxylic acid groups (broad SMARTS) is 1. The average molecular weight is 633 g/mol. The molecule has 3 heterocycles. The molecule has 0 fully saturated rings. The van der Waals surface area contributed by atoms with Crippen LogP contribution in [-0.2, 0) is 4.79 Å². The molecule has 1 amide bonds. The quantitative estimate of drug-likeness (QED) is 0.0805. The number of hydrogen-bond donors (Lipinski definition) is 4. The molecule has 4 aromatic rings. The van der Waals surface area contributed by atoms with E-state index in [0.717, 1.165) is 11.3 Å². The van der Waals surface area contributed by atoms with E-state index in [4.69, 9.17) is 14.5 Å². The zero-order valence-electron chi connectivity index (χ0n) is 19.1. The summed E-state index contributed by atoms with van der Waals surface area (Å²) >= 11 is 4.20. The van der Waals surface area contributed by atoms with Gasteiger partial charge in [-0.3, -0.25) is 14.8 Å². The van der Waals surface area contributed by atoms with Crippen molar-refractivity contribution in [2.24, 2.45) is 5.16 Å². The first-order valence-electron chi connectivity index (χ1n) is 10.0. The fourth-order valence-corrected chi connectivity index (χ4v) is 3.86. The second kappa shape index (κ2) is 12.3. The number of thiazole rings is 1. The van der Waals surface area contributed by atoms with Crippen LogP contribution < -0.4 is 10.6 Å². The molecule has 39 heavy (non-hydrogen) atoms. The highest BCUT2D eigenvalue weighted by atomic mass is 79.9. The van der Waals surface area contributed by atoms with Crippen LogP contribution in [0.2, 0.25) is 0 Å². The number of halogens is 5. The van der Waals surface area contributed by atoms with Gasteiger partial charge >= 0.3 is 12.1 Å². The summed E-state index contributed by atoms with van der Waals surface area (Å²) in [5, 5.41) is 32.9. The molecular weight excluding hydrogens is 620 g/mol. The number of benzene rings is 1. The molecule has 4 N–H and O–H groups in total. The minimum atomic E-state index is -5.08. The van der Waals surface area contributed by atoms with Gasteiger partial charge in [0.05, 0.1) is 16.4 Å². The number of amidine groups is 1. The molecule has 0 spiro atoms. The van der Waals surface area contributed by atoms with E-state index >= 15 is 0 Å². The van der Waals surface area contributed by atoms with E-state index in [0.29, 0.717) is 27.0 Å². The molecule has 0 radical (unpaired) electrons. The third-order valence-corrected chi connectivity index (χ3v) is 6.04. The van der Waals surface area contributed by atoms with Crippen LogP contribution in [-0.4, -0.2) is 59.5 Å². The second-order valence-electron chi connectivity index (χ2n) is 6.95. The van der Waals surface area contributed by atoms with E-state index in [-0.39, 0.29) is 21.8 Å². The third-order valence-electron chi connectivity index (χ3n) is 4.25. The standard InChI is InChI=1S/C18H12BrFN8O3S.C2HF3O2/c1-8-14(32-18(23-8)12-7-21-4-5-22-12)17(29)25-16-13(27-31-28-16)15(26-30)24-9-2-3-11(20)10(19)6-9;3-2(4,5)1(6)7/h2-7,30H,1H3,(H,24,26)(H,25,28,29);(H,6,7). The number of rotatable bonds is 5. The second-order valence-corrected chi connectivity index (χ2v) is 8.80. The fourth-order valence-electron chi connectivity index (χ4n) is 2.56. The van der Waals surface area contributed by atoms with Gasteiger partial charge in [-0.2, -0.15) is 13.2 Å². The Kier molecular flexibility index (Phi) is 9.20. The zero-order valence-corrected chi connectivity index (χ0v) is 21.5. The maximum Gasteiger partial charge on any atom is 0.490 e. The van der Waals surface area contributed by atoms with Gasteiger partial charge in [0.15, 0.2) is 5.69 Å². The summed E-state index contributed by atoms with van der Waals surface area (Å²) in [6, 6.07) is 4.07. The van der Waals surface area contributed by atoms with Gasteiger partial charge in [-0.05, 0) is 51.4 Å². The summed E-state index contributed by atoms with van der Waals surface area (Å²) in [4.78, 5) is 34.6. The first-order valence-corrected chi connectivity index (χ1v) is 11.6. The van der Waals surface area contributed by atoms with E-state index in [1.807, 2.05) is 0 Å². The maximum absolute atomic E-state index is 13.5. The smallest absolute Gasteiger partial charge is 0.475 e. The third kappa shape index (κ3) is 7.51. The lowest BCUT2D eigenvalue weighted by molar-refractivity contribution is -0.192. The van der Waals surface area contributed by atoms with Gasteiger partial charge in [0.1, 0.15) is 21.4 Å². The lowest BCUT2D eigenvalue weighted by Gasteiger charge is -2.08. The highest BCUT2D eigenvalue weighted by Gasteiger charge is 2.38. The molecule has 204 valence electrons. The molecule has 0 aliphatic carbocycles. The number of hydrogen-bond acceptors (Lipinski definition) is 11. The van der Waals surface area contributed by atoms with Crippen molar-refractivity contribution in [1.82, 2.24) is 25.3 Å². The van der Waals surface area contributed by atoms with Gasteiger partial charge < -0.3 is 20.9 Å². The van der Waals surface area contributed by atoms with Gasteiger partial charge in [0.2, 0.25) is 11.7 Å². The van der Waals surface area contributed by atoms with Crippen LogP contribution >= 0.6 is 27.3 Å². The maximum atomic E-state index is 13.5. The lowest BCUT2D eigenvalue weighted by Crippen LogP contribution is -2.21. The number of alkyl halides is 3. The van der Waals surface area contributed by atoms with Crippen LogP contribution in [0.3, 0.4) is 0 Å².